The molecular formula is C19H19N5O5. The van der Waals surface area contributed by atoms with Crippen LogP contribution in [0.3, 0.4) is 0 Å². The molecule has 0 saturated carbocycles. The molecule has 0 radical (unpaired) electrons. The Hall–Kier alpha value is -3.82. The van der Waals surface area contributed by atoms with Crippen LogP contribution in [0.4, 0.5) is 4.79 Å². The van der Waals surface area contributed by atoms with Crippen LogP contribution in [0, 0.1) is 5.92 Å². The van der Waals surface area contributed by atoms with Crippen LogP contribution in [-0.2, 0) is 16.1 Å². The van der Waals surface area contributed by atoms with Gasteiger partial charge < -0.3 is 10.1 Å². The van der Waals surface area contributed by atoms with E-state index in [1.165, 1.54) is 17.8 Å². The van der Waals surface area contributed by atoms with E-state index < -0.39 is 23.8 Å². The molecule has 10 heteroatoms. The van der Waals surface area contributed by atoms with Crippen LogP contribution in [0.2, 0.25) is 0 Å². The van der Waals surface area contributed by atoms with Gasteiger partial charge in [-0.15, -0.1) is 0 Å². The van der Waals surface area contributed by atoms with Crippen molar-refractivity contribution < 1.29 is 19.1 Å². The van der Waals surface area contributed by atoms with Crippen molar-refractivity contribution in [1.82, 2.24) is 20.0 Å². The molecule has 2 heterocycles. The molecule has 2 aromatic rings. The number of methoxy groups -OCH3 is 1. The number of imide groups is 1. The van der Waals surface area contributed by atoms with Crippen molar-refractivity contribution in [2.24, 2.45) is 10.9 Å². The van der Waals surface area contributed by atoms with E-state index in [-0.39, 0.29) is 18.6 Å². The van der Waals surface area contributed by atoms with Gasteiger partial charge in [0.25, 0.3) is 5.56 Å². The smallest absolute Gasteiger partial charge is 0.349 e. The highest BCUT2D eigenvalue weighted by Gasteiger charge is 2.33. The van der Waals surface area contributed by atoms with Gasteiger partial charge in [0.15, 0.2) is 5.92 Å². The minimum Gasteiger partial charge on any atom is -0.497 e. The number of aromatic nitrogens is 2. The predicted molar refractivity (Wildman–Crippen MR) is 104 cm³/mol. The van der Waals surface area contributed by atoms with Crippen LogP contribution in [0.1, 0.15) is 0 Å². The summed E-state index contributed by atoms with van der Waals surface area (Å²) in [6.07, 6.45) is 1.02. The summed E-state index contributed by atoms with van der Waals surface area (Å²) in [4.78, 5) is 51.9. The number of benzene rings is 1. The van der Waals surface area contributed by atoms with E-state index in [9.17, 15) is 19.2 Å². The fourth-order valence-electron chi connectivity index (χ4n) is 2.69. The zero-order chi connectivity index (χ0) is 21.0. The second-order valence-electron chi connectivity index (χ2n) is 6.24. The third kappa shape index (κ3) is 4.37. The van der Waals surface area contributed by atoms with E-state index in [0.717, 1.165) is 16.7 Å². The van der Waals surface area contributed by atoms with Crippen molar-refractivity contribution in [2.75, 3.05) is 20.7 Å². The number of rotatable bonds is 6. The van der Waals surface area contributed by atoms with Gasteiger partial charge in [0.05, 0.1) is 19.3 Å². The molecule has 0 aliphatic carbocycles. The summed E-state index contributed by atoms with van der Waals surface area (Å²) in [6, 6.07) is 9.52. The van der Waals surface area contributed by atoms with Crippen molar-refractivity contribution in [3.63, 3.8) is 0 Å². The minimum absolute atomic E-state index is 0.0765. The number of aliphatic imine (C=N–C) groups is 1. The second kappa shape index (κ2) is 8.46. The Morgan fingerprint density at radius 1 is 1.14 bits per heavy atom. The van der Waals surface area contributed by atoms with Crippen molar-refractivity contribution in [1.29, 1.82) is 0 Å². The fraction of sp³-hybridized carbons (Fsp3) is 0.263. The SMILES string of the molecule is COc1ccc(-c2ccc(=O)n(CCNC(=O)C3C=NC(=O)N(C)C3=O)n2)cc1. The van der Waals surface area contributed by atoms with Crippen molar-refractivity contribution in [3.8, 4) is 17.0 Å². The highest BCUT2D eigenvalue weighted by molar-refractivity contribution is 6.20. The zero-order valence-corrected chi connectivity index (χ0v) is 15.9. The highest BCUT2D eigenvalue weighted by Crippen LogP contribution is 2.19. The van der Waals surface area contributed by atoms with Crippen molar-refractivity contribution in [2.45, 2.75) is 6.54 Å². The Bertz CT molecular complexity index is 1030. The number of carbonyl (C=O) groups excluding carboxylic acids is 3. The maximum atomic E-state index is 12.2. The van der Waals surface area contributed by atoms with Crippen LogP contribution in [0.15, 0.2) is 46.2 Å². The summed E-state index contributed by atoms with van der Waals surface area (Å²) in [6.45, 7) is 0.189. The van der Waals surface area contributed by atoms with Gasteiger partial charge in [0.1, 0.15) is 5.75 Å². The van der Waals surface area contributed by atoms with Crippen LogP contribution in [-0.4, -0.2) is 59.4 Å². The first kappa shape index (κ1) is 19.9. The van der Waals surface area contributed by atoms with Gasteiger partial charge in [-0.2, -0.15) is 5.10 Å². The first-order valence-electron chi connectivity index (χ1n) is 8.76. The maximum Gasteiger partial charge on any atom is 0.349 e. The van der Waals surface area contributed by atoms with Gasteiger partial charge in [-0.3, -0.25) is 19.3 Å². The van der Waals surface area contributed by atoms with Gasteiger partial charge in [-0.1, -0.05) is 0 Å². The summed E-state index contributed by atoms with van der Waals surface area (Å²) in [5.41, 5.74) is 1.07. The lowest BCUT2D eigenvalue weighted by atomic mass is 10.1. The molecule has 10 nitrogen and oxygen atoms in total. The van der Waals surface area contributed by atoms with Crippen molar-refractivity contribution >= 4 is 24.1 Å². The third-order valence-electron chi connectivity index (χ3n) is 4.38. The highest BCUT2D eigenvalue weighted by atomic mass is 16.5. The molecule has 29 heavy (non-hydrogen) atoms. The van der Waals surface area contributed by atoms with E-state index in [0.29, 0.717) is 11.4 Å². The minimum atomic E-state index is -1.17. The molecular weight excluding hydrogens is 378 g/mol. The summed E-state index contributed by atoms with van der Waals surface area (Å²) in [5, 5.41) is 6.87. The summed E-state index contributed by atoms with van der Waals surface area (Å²) in [5.74, 6) is -1.72. The Morgan fingerprint density at radius 3 is 2.55 bits per heavy atom. The quantitative estimate of drug-likeness (QED) is 0.700. The zero-order valence-electron chi connectivity index (χ0n) is 15.9. The number of amides is 4. The Labute approximate surface area is 165 Å². The van der Waals surface area contributed by atoms with Gasteiger partial charge >= 0.3 is 6.03 Å². The molecule has 1 aliphatic rings. The lowest BCUT2D eigenvalue weighted by Crippen LogP contribution is -2.48. The molecule has 0 bridgehead atoms. The van der Waals surface area contributed by atoms with E-state index in [1.807, 2.05) is 12.1 Å². The topological polar surface area (TPSA) is 123 Å². The second-order valence-corrected chi connectivity index (χ2v) is 6.24. The third-order valence-corrected chi connectivity index (χ3v) is 4.38. The van der Waals surface area contributed by atoms with E-state index in [4.69, 9.17) is 4.74 Å². The van der Waals surface area contributed by atoms with Gasteiger partial charge in [0, 0.05) is 31.4 Å². The normalized spacial score (nSPS) is 16.1. The maximum absolute atomic E-state index is 12.2. The Morgan fingerprint density at radius 2 is 1.86 bits per heavy atom. The average molecular weight is 397 g/mol. The average Bonchev–Trinajstić information content (AvgIpc) is 2.73. The monoisotopic (exact) mass is 397 g/mol. The van der Waals surface area contributed by atoms with Crippen molar-refractivity contribution in [3.05, 3.63) is 46.8 Å². The van der Waals surface area contributed by atoms with Crippen LogP contribution in [0.25, 0.3) is 11.3 Å². The number of nitrogens with one attached hydrogen (secondary N) is 1. The van der Waals surface area contributed by atoms with Gasteiger partial charge in [0.2, 0.25) is 11.8 Å². The molecule has 1 aromatic heterocycles. The van der Waals surface area contributed by atoms with Gasteiger partial charge in [-0.05, 0) is 30.3 Å². The van der Waals surface area contributed by atoms with Crippen LogP contribution in [0.5, 0.6) is 5.75 Å². The molecule has 0 saturated heterocycles. The van der Waals surface area contributed by atoms with Crippen LogP contribution < -0.4 is 15.6 Å². The van der Waals surface area contributed by atoms with E-state index in [1.54, 1.807) is 25.3 Å². The number of ether oxygens (including phenoxy) is 1. The van der Waals surface area contributed by atoms with Gasteiger partial charge in [-0.25, -0.2) is 14.5 Å². The molecule has 3 rings (SSSR count). The van der Waals surface area contributed by atoms with E-state index >= 15 is 0 Å². The standard InChI is InChI=1S/C19H19N5O5/c1-23-18(27)14(11-21-19(23)28)17(26)20-9-10-24-16(25)8-7-15(22-24)12-3-5-13(29-2)6-4-12/h3-8,11,14H,9-10H2,1-2H3,(H,20,26). The number of urea groups is 1. The molecule has 1 unspecified atom stereocenters. The number of hydrogen-bond acceptors (Lipinski definition) is 6. The lowest BCUT2D eigenvalue weighted by Gasteiger charge is -2.21. The Balaban J connectivity index is 1.65. The number of carbonyl (C=O) groups is 3. The molecule has 0 fully saturated rings. The predicted octanol–water partition coefficient (Wildman–Crippen LogP) is 0.314. The summed E-state index contributed by atoms with van der Waals surface area (Å²) < 4.78 is 6.35. The van der Waals surface area contributed by atoms with Crippen LogP contribution >= 0.6 is 0 Å². The first-order chi connectivity index (χ1) is 13.9. The fourth-order valence-corrected chi connectivity index (χ4v) is 2.69. The molecule has 1 aromatic carbocycles. The molecule has 150 valence electrons. The van der Waals surface area contributed by atoms with E-state index in [2.05, 4.69) is 15.4 Å². The number of hydrogen-bond donors (Lipinski definition) is 1. The molecule has 0 spiro atoms. The largest absolute Gasteiger partial charge is 0.497 e. The number of nitrogens with zero attached hydrogens (tertiary/aromatic N) is 4. The lowest BCUT2D eigenvalue weighted by molar-refractivity contribution is -0.136. The molecule has 4 amide bonds. The molecule has 1 N–H and O–H groups in total. The Kier molecular flexibility index (Phi) is 5.82. The molecule has 1 atom stereocenters. The summed E-state index contributed by atoms with van der Waals surface area (Å²) in [7, 11) is 2.83. The first-order valence-corrected chi connectivity index (χ1v) is 8.76. The molecule has 1 aliphatic heterocycles. The summed E-state index contributed by atoms with van der Waals surface area (Å²) >= 11 is 0.